The summed E-state index contributed by atoms with van der Waals surface area (Å²) >= 11 is 7.57. The lowest BCUT2D eigenvalue weighted by Gasteiger charge is -2.21. The van der Waals surface area contributed by atoms with Gasteiger partial charge in [-0.05, 0) is 25.5 Å². The molecule has 0 bridgehead atoms. The number of hydrogen-bond acceptors (Lipinski definition) is 5. The topological polar surface area (TPSA) is 53.7 Å². The summed E-state index contributed by atoms with van der Waals surface area (Å²) in [6.07, 6.45) is 4.84. The highest BCUT2D eigenvalue weighted by Gasteiger charge is 2.24. The van der Waals surface area contributed by atoms with E-state index in [4.69, 9.17) is 16.6 Å². The highest BCUT2D eigenvalue weighted by atomic mass is 35.5. The summed E-state index contributed by atoms with van der Waals surface area (Å²) in [4.78, 5) is 27.7. The third-order valence-corrected chi connectivity index (χ3v) is 7.16. The first-order valence-corrected chi connectivity index (χ1v) is 11.9. The van der Waals surface area contributed by atoms with Gasteiger partial charge in [-0.3, -0.25) is 9.69 Å². The predicted molar refractivity (Wildman–Crippen MR) is 128 cm³/mol. The summed E-state index contributed by atoms with van der Waals surface area (Å²) < 4.78 is 1.96. The van der Waals surface area contributed by atoms with E-state index >= 15 is 0 Å². The highest BCUT2D eigenvalue weighted by molar-refractivity contribution is 7.17. The maximum Gasteiger partial charge on any atom is 0.265 e. The van der Waals surface area contributed by atoms with Gasteiger partial charge in [-0.2, -0.15) is 0 Å². The Morgan fingerprint density at radius 3 is 2.72 bits per heavy atom. The fourth-order valence-corrected chi connectivity index (χ4v) is 5.31. The van der Waals surface area contributed by atoms with Crippen molar-refractivity contribution < 1.29 is 4.79 Å². The number of thiazole rings is 1. The summed E-state index contributed by atoms with van der Waals surface area (Å²) in [6.45, 7) is 5.91. The number of fused-ring (bicyclic) bond motifs is 1. The molecule has 1 fully saturated rings. The van der Waals surface area contributed by atoms with E-state index in [-0.39, 0.29) is 5.91 Å². The minimum Gasteiger partial charge on any atom is -0.337 e. The summed E-state index contributed by atoms with van der Waals surface area (Å²) in [5, 5.41) is 1.59. The zero-order valence-corrected chi connectivity index (χ0v) is 19.4. The standard InChI is InChI=1S/C24H24ClN5OS/c1-17-22(32-23(26-17)18-6-3-2-4-7-18)24(31)29-11-5-10-28(12-13-29)15-20-16-30-14-19(25)8-9-21(30)27-20/h2-4,6-9,14,16H,5,10-13,15H2,1H3. The lowest BCUT2D eigenvalue weighted by atomic mass is 10.2. The van der Waals surface area contributed by atoms with Crippen molar-refractivity contribution in [1.29, 1.82) is 0 Å². The molecule has 1 aliphatic rings. The van der Waals surface area contributed by atoms with Crippen LogP contribution in [0.25, 0.3) is 16.2 Å². The van der Waals surface area contributed by atoms with Crippen LogP contribution in [-0.4, -0.2) is 56.3 Å². The Hall–Kier alpha value is -2.74. The van der Waals surface area contributed by atoms with E-state index in [1.54, 1.807) is 0 Å². The van der Waals surface area contributed by atoms with Gasteiger partial charge >= 0.3 is 0 Å². The van der Waals surface area contributed by atoms with Gasteiger partial charge in [-0.25, -0.2) is 9.97 Å². The number of halogens is 1. The molecule has 0 spiro atoms. The van der Waals surface area contributed by atoms with Gasteiger partial charge in [-0.1, -0.05) is 41.9 Å². The van der Waals surface area contributed by atoms with E-state index in [2.05, 4.69) is 9.88 Å². The van der Waals surface area contributed by atoms with Crippen LogP contribution in [-0.2, 0) is 6.54 Å². The molecule has 164 valence electrons. The van der Waals surface area contributed by atoms with Crippen molar-refractivity contribution in [2.45, 2.75) is 19.9 Å². The van der Waals surface area contributed by atoms with E-state index in [0.29, 0.717) is 11.6 Å². The largest absolute Gasteiger partial charge is 0.337 e. The SMILES string of the molecule is Cc1nc(-c2ccccc2)sc1C(=O)N1CCCN(Cc2cn3cc(Cl)ccc3n2)CC1. The fourth-order valence-electron chi connectivity index (χ4n) is 4.10. The fraction of sp³-hybridized carbons (Fsp3) is 0.292. The first-order chi connectivity index (χ1) is 15.6. The molecule has 1 saturated heterocycles. The molecule has 4 heterocycles. The van der Waals surface area contributed by atoms with Gasteiger partial charge in [0.1, 0.15) is 15.5 Å². The molecule has 0 unspecified atom stereocenters. The van der Waals surface area contributed by atoms with Crippen molar-refractivity contribution in [3.05, 3.63) is 76.1 Å². The van der Waals surface area contributed by atoms with Crippen LogP contribution in [0.1, 0.15) is 27.5 Å². The normalized spacial score (nSPS) is 15.2. The van der Waals surface area contributed by atoms with Gasteiger partial charge in [-0.15, -0.1) is 11.3 Å². The van der Waals surface area contributed by atoms with Gasteiger partial charge in [0.2, 0.25) is 0 Å². The maximum atomic E-state index is 13.3. The monoisotopic (exact) mass is 465 g/mol. The van der Waals surface area contributed by atoms with E-state index in [1.807, 2.05) is 71.1 Å². The Bertz CT molecular complexity index is 1250. The van der Waals surface area contributed by atoms with Gasteiger partial charge in [0.15, 0.2) is 0 Å². The first kappa shape index (κ1) is 21.1. The number of imidazole rings is 1. The molecule has 3 aromatic heterocycles. The Labute approximate surface area is 196 Å². The van der Waals surface area contributed by atoms with Crippen molar-refractivity contribution in [1.82, 2.24) is 24.2 Å². The van der Waals surface area contributed by atoms with Crippen molar-refractivity contribution in [3.8, 4) is 10.6 Å². The second kappa shape index (κ2) is 9.02. The maximum absolute atomic E-state index is 13.3. The van der Waals surface area contributed by atoms with Crippen LogP contribution in [0.15, 0.2) is 54.9 Å². The molecular weight excluding hydrogens is 442 g/mol. The summed E-state index contributed by atoms with van der Waals surface area (Å²) in [5.74, 6) is 0.0893. The Morgan fingerprint density at radius 1 is 1.03 bits per heavy atom. The predicted octanol–water partition coefficient (Wildman–Crippen LogP) is 4.77. The zero-order valence-electron chi connectivity index (χ0n) is 17.9. The molecule has 1 aromatic carbocycles. The molecule has 0 saturated carbocycles. The summed E-state index contributed by atoms with van der Waals surface area (Å²) in [6, 6.07) is 13.8. The van der Waals surface area contributed by atoms with Crippen LogP contribution >= 0.6 is 22.9 Å². The summed E-state index contributed by atoms with van der Waals surface area (Å²) in [5.41, 5.74) is 3.77. The number of pyridine rings is 1. The summed E-state index contributed by atoms with van der Waals surface area (Å²) in [7, 11) is 0. The van der Waals surface area contributed by atoms with Crippen molar-refractivity contribution in [2.24, 2.45) is 0 Å². The van der Waals surface area contributed by atoms with Crippen LogP contribution in [0.3, 0.4) is 0 Å². The molecule has 0 atom stereocenters. The number of carbonyl (C=O) groups is 1. The molecule has 5 rings (SSSR count). The first-order valence-electron chi connectivity index (χ1n) is 10.7. The van der Waals surface area contributed by atoms with Crippen LogP contribution in [0.2, 0.25) is 5.02 Å². The van der Waals surface area contributed by atoms with Gasteiger partial charge in [0.25, 0.3) is 5.91 Å². The molecule has 0 aliphatic carbocycles. The highest BCUT2D eigenvalue weighted by Crippen LogP contribution is 2.29. The third-order valence-electron chi connectivity index (χ3n) is 5.74. The number of aromatic nitrogens is 3. The second-order valence-electron chi connectivity index (χ2n) is 8.07. The van der Waals surface area contributed by atoms with Crippen molar-refractivity contribution in [2.75, 3.05) is 26.2 Å². The Kier molecular flexibility index (Phi) is 5.95. The van der Waals surface area contributed by atoms with Crippen LogP contribution in [0.4, 0.5) is 0 Å². The van der Waals surface area contributed by atoms with Gasteiger partial charge in [0.05, 0.1) is 16.4 Å². The smallest absolute Gasteiger partial charge is 0.265 e. The third kappa shape index (κ3) is 4.41. The van der Waals surface area contributed by atoms with Gasteiger partial charge < -0.3 is 9.30 Å². The number of hydrogen-bond donors (Lipinski definition) is 0. The minimum atomic E-state index is 0.0893. The Morgan fingerprint density at radius 2 is 1.88 bits per heavy atom. The molecular formula is C24H24ClN5OS. The molecule has 8 heteroatoms. The second-order valence-corrected chi connectivity index (χ2v) is 9.50. The average molecular weight is 466 g/mol. The van der Waals surface area contributed by atoms with Gasteiger partial charge in [0, 0.05) is 50.7 Å². The minimum absolute atomic E-state index is 0.0893. The lowest BCUT2D eigenvalue weighted by molar-refractivity contribution is 0.0765. The van der Waals surface area contributed by atoms with E-state index in [0.717, 1.165) is 65.1 Å². The van der Waals surface area contributed by atoms with E-state index in [1.165, 1.54) is 11.3 Å². The number of aryl methyl sites for hydroxylation is 1. The Balaban J connectivity index is 1.26. The lowest BCUT2D eigenvalue weighted by Crippen LogP contribution is -2.35. The number of benzene rings is 1. The van der Waals surface area contributed by atoms with Crippen LogP contribution in [0.5, 0.6) is 0 Å². The molecule has 1 aliphatic heterocycles. The van der Waals surface area contributed by atoms with Crippen LogP contribution < -0.4 is 0 Å². The van der Waals surface area contributed by atoms with E-state index in [9.17, 15) is 4.79 Å². The van der Waals surface area contributed by atoms with Crippen molar-refractivity contribution in [3.63, 3.8) is 0 Å². The molecule has 4 aromatic rings. The molecule has 0 N–H and O–H groups in total. The zero-order chi connectivity index (χ0) is 22.1. The number of rotatable bonds is 4. The van der Waals surface area contributed by atoms with E-state index < -0.39 is 0 Å². The number of amides is 1. The molecule has 1 amide bonds. The van der Waals surface area contributed by atoms with Crippen molar-refractivity contribution >= 4 is 34.5 Å². The molecule has 0 radical (unpaired) electrons. The number of nitrogens with zero attached hydrogens (tertiary/aromatic N) is 5. The number of carbonyl (C=O) groups excluding carboxylic acids is 1. The molecule has 6 nitrogen and oxygen atoms in total. The average Bonchev–Trinajstić information content (AvgIpc) is 3.29. The van der Waals surface area contributed by atoms with Crippen LogP contribution in [0, 0.1) is 6.92 Å². The quantitative estimate of drug-likeness (QED) is 0.435. The molecule has 32 heavy (non-hydrogen) atoms.